The van der Waals surface area contributed by atoms with E-state index in [0.29, 0.717) is 5.69 Å². The smallest absolute Gasteiger partial charge is 0.414 e. The second kappa shape index (κ2) is 5.44. The lowest BCUT2D eigenvalue weighted by Crippen LogP contribution is -2.34. The highest BCUT2D eigenvalue weighted by Gasteiger charge is 2.22. The SMILES string of the molecule is CN(C(=O)OC(C)(C)C)c1ccc([N+](=O)[O-])c(Cl)c1. The average molecular weight is 287 g/mol. The van der Waals surface area contributed by atoms with E-state index in [1.54, 1.807) is 20.8 Å². The molecular weight excluding hydrogens is 272 g/mol. The maximum atomic E-state index is 11.8. The number of hydrogen-bond acceptors (Lipinski definition) is 4. The van der Waals surface area contributed by atoms with Gasteiger partial charge in [0.1, 0.15) is 10.6 Å². The number of nitro benzene ring substituents is 1. The maximum absolute atomic E-state index is 11.8. The van der Waals surface area contributed by atoms with Gasteiger partial charge in [0.2, 0.25) is 0 Å². The number of carbonyl (C=O) groups excluding carboxylic acids is 1. The molecule has 7 heteroatoms. The molecule has 0 aromatic heterocycles. The largest absolute Gasteiger partial charge is 0.443 e. The predicted molar refractivity (Wildman–Crippen MR) is 72.7 cm³/mol. The molecule has 1 aromatic rings. The minimum atomic E-state index is -0.615. The van der Waals surface area contributed by atoms with Gasteiger partial charge in [-0.25, -0.2) is 4.79 Å². The van der Waals surface area contributed by atoms with Crippen molar-refractivity contribution in [2.75, 3.05) is 11.9 Å². The van der Waals surface area contributed by atoms with Crippen molar-refractivity contribution in [1.29, 1.82) is 0 Å². The monoisotopic (exact) mass is 286 g/mol. The van der Waals surface area contributed by atoms with E-state index in [1.807, 2.05) is 0 Å². The van der Waals surface area contributed by atoms with Gasteiger partial charge in [0, 0.05) is 18.8 Å². The van der Waals surface area contributed by atoms with Crippen LogP contribution in [0.25, 0.3) is 0 Å². The Kier molecular flexibility index (Phi) is 4.36. The highest BCUT2D eigenvalue weighted by molar-refractivity contribution is 6.33. The van der Waals surface area contributed by atoms with Gasteiger partial charge < -0.3 is 4.74 Å². The lowest BCUT2D eigenvalue weighted by Gasteiger charge is -2.24. The van der Waals surface area contributed by atoms with Gasteiger partial charge in [-0.2, -0.15) is 0 Å². The summed E-state index contributed by atoms with van der Waals surface area (Å²) in [5.41, 5.74) is -0.400. The maximum Gasteiger partial charge on any atom is 0.414 e. The molecule has 0 radical (unpaired) electrons. The normalized spacial score (nSPS) is 11.0. The Balaban J connectivity index is 2.95. The third-order valence-electron chi connectivity index (χ3n) is 2.18. The fraction of sp³-hybridized carbons (Fsp3) is 0.417. The summed E-state index contributed by atoms with van der Waals surface area (Å²) in [7, 11) is 1.51. The van der Waals surface area contributed by atoms with Crippen LogP contribution in [0, 0.1) is 10.1 Å². The molecule has 1 amide bonds. The molecular formula is C12H15ClN2O4. The molecule has 6 nitrogen and oxygen atoms in total. The molecule has 0 spiro atoms. The second-order valence-electron chi connectivity index (χ2n) is 4.93. The van der Waals surface area contributed by atoms with E-state index in [2.05, 4.69) is 0 Å². The first-order valence-corrected chi connectivity index (χ1v) is 5.90. The number of nitro groups is 1. The summed E-state index contributed by atoms with van der Waals surface area (Å²) in [6.07, 6.45) is -0.558. The minimum absolute atomic E-state index is 0.0297. The van der Waals surface area contributed by atoms with Crippen molar-refractivity contribution in [3.05, 3.63) is 33.3 Å². The van der Waals surface area contributed by atoms with E-state index in [0.717, 1.165) is 0 Å². The van der Waals surface area contributed by atoms with Gasteiger partial charge in [-0.05, 0) is 32.9 Å². The molecule has 0 aliphatic rings. The van der Waals surface area contributed by atoms with Gasteiger partial charge in [-0.15, -0.1) is 0 Å². The van der Waals surface area contributed by atoms with Crippen molar-refractivity contribution in [2.24, 2.45) is 0 Å². The van der Waals surface area contributed by atoms with Crippen LogP contribution >= 0.6 is 11.6 Å². The first-order valence-electron chi connectivity index (χ1n) is 5.52. The van der Waals surface area contributed by atoms with Crippen LogP contribution in [-0.2, 0) is 4.74 Å². The van der Waals surface area contributed by atoms with Crippen LogP contribution in [0.15, 0.2) is 18.2 Å². The standard InChI is InChI=1S/C12H15ClN2O4/c1-12(2,3)19-11(16)14(4)8-5-6-10(15(17)18)9(13)7-8/h5-7H,1-4H3. The number of rotatable bonds is 2. The molecule has 0 bridgehead atoms. The van der Waals surface area contributed by atoms with Crippen molar-refractivity contribution in [2.45, 2.75) is 26.4 Å². The molecule has 0 aliphatic carbocycles. The van der Waals surface area contributed by atoms with Crippen LogP contribution in [0.3, 0.4) is 0 Å². The van der Waals surface area contributed by atoms with E-state index in [9.17, 15) is 14.9 Å². The summed E-state index contributed by atoms with van der Waals surface area (Å²) in [4.78, 5) is 23.1. The van der Waals surface area contributed by atoms with Gasteiger partial charge >= 0.3 is 6.09 Å². The number of ether oxygens (including phenoxy) is 1. The second-order valence-corrected chi connectivity index (χ2v) is 5.34. The fourth-order valence-electron chi connectivity index (χ4n) is 1.29. The van der Waals surface area contributed by atoms with Gasteiger partial charge in [0.15, 0.2) is 0 Å². The summed E-state index contributed by atoms with van der Waals surface area (Å²) in [5, 5.41) is 10.6. The molecule has 19 heavy (non-hydrogen) atoms. The number of benzene rings is 1. The molecule has 0 saturated heterocycles. The summed E-state index contributed by atoms with van der Waals surface area (Å²) < 4.78 is 5.18. The lowest BCUT2D eigenvalue weighted by molar-refractivity contribution is -0.384. The van der Waals surface area contributed by atoms with Gasteiger partial charge in [-0.3, -0.25) is 15.0 Å². The van der Waals surface area contributed by atoms with E-state index in [4.69, 9.17) is 16.3 Å². The van der Waals surface area contributed by atoms with Crippen LogP contribution in [0.5, 0.6) is 0 Å². The summed E-state index contributed by atoms with van der Waals surface area (Å²) in [5.74, 6) is 0. The zero-order valence-electron chi connectivity index (χ0n) is 11.1. The molecule has 0 atom stereocenters. The number of anilines is 1. The molecule has 0 unspecified atom stereocenters. The molecule has 104 valence electrons. The Morgan fingerprint density at radius 3 is 2.42 bits per heavy atom. The van der Waals surface area contributed by atoms with Crippen LogP contribution < -0.4 is 4.90 Å². The molecule has 1 rings (SSSR count). The molecule has 1 aromatic carbocycles. The van der Waals surface area contributed by atoms with Gasteiger partial charge in [-0.1, -0.05) is 11.6 Å². The molecule has 0 saturated carbocycles. The number of amides is 1. The first kappa shape index (κ1) is 15.2. The van der Waals surface area contributed by atoms with E-state index in [1.165, 1.54) is 30.1 Å². The average Bonchev–Trinajstić information content (AvgIpc) is 2.24. The topological polar surface area (TPSA) is 72.7 Å². The van der Waals surface area contributed by atoms with Gasteiger partial charge in [0.05, 0.1) is 4.92 Å². The summed E-state index contributed by atoms with van der Waals surface area (Å²) >= 11 is 5.79. The van der Waals surface area contributed by atoms with E-state index < -0.39 is 16.6 Å². The highest BCUT2D eigenvalue weighted by atomic mass is 35.5. The number of nitrogens with zero attached hydrogens (tertiary/aromatic N) is 2. The van der Waals surface area contributed by atoms with Crippen molar-refractivity contribution < 1.29 is 14.5 Å². The predicted octanol–water partition coefficient (Wildman–Crippen LogP) is 3.62. The quantitative estimate of drug-likeness (QED) is 0.615. The van der Waals surface area contributed by atoms with E-state index >= 15 is 0 Å². The molecule has 0 N–H and O–H groups in total. The molecule has 0 fully saturated rings. The van der Waals surface area contributed by atoms with Crippen molar-refractivity contribution in [3.8, 4) is 0 Å². The third-order valence-corrected chi connectivity index (χ3v) is 2.49. The Bertz CT molecular complexity index is 511. The Morgan fingerprint density at radius 2 is 2.00 bits per heavy atom. The summed E-state index contributed by atoms with van der Waals surface area (Å²) in [6, 6.07) is 4.04. The zero-order chi connectivity index (χ0) is 14.8. The number of halogens is 1. The minimum Gasteiger partial charge on any atom is -0.443 e. The third kappa shape index (κ3) is 4.10. The summed E-state index contributed by atoms with van der Waals surface area (Å²) in [6.45, 7) is 5.25. The van der Waals surface area contributed by atoms with E-state index in [-0.39, 0.29) is 10.7 Å². The van der Waals surface area contributed by atoms with Crippen LogP contribution in [0.1, 0.15) is 20.8 Å². The lowest BCUT2D eigenvalue weighted by atomic mass is 10.2. The Hall–Kier alpha value is -1.82. The van der Waals surface area contributed by atoms with Crippen LogP contribution in [-0.4, -0.2) is 23.7 Å². The molecule has 0 aliphatic heterocycles. The van der Waals surface area contributed by atoms with Crippen LogP contribution in [0.4, 0.5) is 16.2 Å². The zero-order valence-corrected chi connectivity index (χ0v) is 11.9. The van der Waals surface area contributed by atoms with Crippen molar-refractivity contribution in [1.82, 2.24) is 0 Å². The van der Waals surface area contributed by atoms with Gasteiger partial charge in [0.25, 0.3) is 5.69 Å². The van der Waals surface area contributed by atoms with Crippen molar-refractivity contribution in [3.63, 3.8) is 0 Å². The van der Waals surface area contributed by atoms with Crippen LogP contribution in [0.2, 0.25) is 5.02 Å². The highest BCUT2D eigenvalue weighted by Crippen LogP contribution is 2.29. The molecule has 0 heterocycles. The van der Waals surface area contributed by atoms with Crippen molar-refractivity contribution >= 4 is 29.1 Å². The number of carbonyl (C=O) groups is 1. The Labute approximate surface area is 116 Å². The fourth-order valence-corrected chi connectivity index (χ4v) is 1.53. The first-order chi connectivity index (χ1) is 8.61. The number of hydrogen-bond donors (Lipinski definition) is 0. The Morgan fingerprint density at radius 1 is 1.42 bits per heavy atom.